The Morgan fingerprint density at radius 3 is 2.74 bits per heavy atom. The Bertz CT molecular complexity index is 740. The van der Waals surface area contributed by atoms with Gasteiger partial charge in [0.2, 0.25) is 0 Å². The Balaban J connectivity index is 1.91. The predicted molar refractivity (Wildman–Crippen MR) is 87.1 cm³/mol. The number of halogens is 1. The second kappa shape index (κ2) is 8.20. The summed E-state index contributed by atoms with van der Waals surface area (Å²) in [6, 6.07) is 14.1. The van der Waals surface area contributed by atoms with Gasteiger partial charge in [-0.05, 0) is 30.3 Å². The standard InChI is InChI=1S/C17H14BrNO4/c1-21-15-7-6-14(18)8-13(15)10-23-17(20)11-22-16-5-3-2-4-12(16)9-19/h2-8H,10-11H2,1H3. The van der Waals surface area contributed by atoms with E-state index in [1.54, 1.807) is 37.4 Å². The highest BCUT2D eigenvalue weighted by molar-refractivity contribution is 9.10. The highest BCUT2D eigenvalue weighted by Gasteiger charge is 2.10. The Morgan fingerprint density at radius 1 is 1.22 bits per heavy atom. The third-order valence-corrected chi connectivity index (χ3v) is 3.48. The molecule has 0 fully saturated rings. The number of nitriles is 1. The number of hydrogen-bond donors (Lipinski definition) is 0. The van der Waals surface area contributed by atoms with Gasteiger partial charge in [-0.1, -0.05) is 28.1 Å². The molecule has 0 amide bonds. The molecule has 6 heteroatoms. The van der Waals surface area contributed by atoms with E-state index >= 15 is 0 Å². The van der Waals surface area contributed by atoms with Crippen molar-refractivity contribution in [2.75, 3.05) is 13.7 Å². The lowest BCUT2D eigenvalue weighted by molar-refractivity contribution is -0.147. The van der Waals surface area contributed by atoms with Crippen LogP contribution in [0, 0.1) is 11.3 Å². The van der Waals surface area contributed by atoms with E-state index in [0.29, 0.717) is 17.1 Å². The van der Waals surface area contributed by atoms with Crippen molar-refractivity contribution in [2.45, 2.75) is 6.61 Å². The highest BCUT2D eigenvalue weighted by Crippen LogP contribution is 2.23. The maximum absolute atomic E-state index is 11.8. The second-order valence-corrected chi connectivity index (χ2v) is 5.43. The molecule has 5 nitrogen and oxygen atoms in total. The molecule has 0 spiro atoms. The number of carbonyl (C=O) groups excluding carboxylic acids is 1. The molecule has 0 unspecified atom stereocenters. The second-order valence-electron chi connectivity index (χ2n) is 4.51. The van der Waals surface area contributed by atoms with E-state index in [1.807, 2.05) is 18.2 Å². The number of para-hydroxylation sites is 1. The van der Waals surface area contributed by atoms with E-state index in [2.05, 4.69) is 15.9 Å². The lowest BCUT2D eigenvalue weighted by atomic mass is 10.2. The third-order valence-electron chi connectivity index (χ3n) is 2.98. The molecule has 23 heavy (non-hydrogen) atoms. The molecule has 2 rings (SSSR count). The van der Waals surface area contributed by atoms with Gasteiger partial charge in [-0.25, -0.2) is 4.79 Å². The van der Waals surface area contributed by atoms with E-state index in [-0.39, 0.29) is 13.2 Å². The van der Waals surface area contributed by atoms with Gasteiger partial charge >= 0.3 is 5.97 Å². The summed E-state index contributed by atoms with van der Waals surface area (Å²) >= 11 is 3.36. The minimum atomic E-state index is -0.528. The molecule has 0 aliphatic heterocycles. The molecule has 2 aromatic rings. The van der Waals surface area contributed by atoms with E-state index in [9.17, 15) is 4.79 Å². The van der Waals surface area contributed by atoms with E-state index in [0.717, 1.165) is 10.0 Å². The van der Waals surface area contributed by atoms with Crippen LogP contribution in [-0.2, 0) is 16.1 Å². The fraction of sp³-hybridized carbons (Fsp3) is 0.176. The van der Waals surface area contributed by atoms with Gasteiger partial charge in [0.25, 0.3) is 0 Å². The summed E-state index contributed by atoms with van der Waals surface area (Å²) in [5, 5.41) is 8.95. The van der Waals surface area contributed by atoms with Crippen LogP contribution in [0.1, 0.15) is 11.1 Å². The van der Waals surface area contributed by atoms with Gasteiger partial charge in [-0.3, -0.25) is 0 Å². The van der Waals surface area contributed by atoms with Gasteiger partial charge in [0.05, 0.1) is 12.7 Å². The lowest BCUT2D eigenvalue weighted by Gasteiger charge is -2.11. The van der Waals surface area contributed by atoms with Crippen molar-refractivity contribution in [3.63, 3.8) is 0 Å². The zero-order valence-corrected chi connectivity index (χ0v) is 14.0. The smallest absolute Gasteiger partial charge is 0.344 e. The number of carbonyl (C=O) groups is 1. The summed E-state index contributed by atoms with van der Waals surface area (Å²) in [6.07, 6.45) is 0. The van der Waals surface area contributed by atoms with Crippen molar-refractivity contribution in [1.82, 2.24) is 0 Å². The molecule has 0 aliphatic carbocycles. The van der Waals surface area contributed by atoms with Crippen LogP contribution < -0.4 is 9.47 Å². The molecule has 118 valence electrons. The molecule has 0 aromatic heterocycles. The van der Waals surface area contributed by atoms with Crippen LogP contribution in [0.3, 0.4) is 0 Å². The van der Waals surface area contributed by atoms with Crippen LogP contribution >= 0.6 is 15.9 Å². The van der Waals surface area contributed by atoms with E-state index < -0.39 is 5.97 Å². The van der Waals surface area contributed by atoms with Crippen LogP contribution in [0.2, 0.25) is 0 Å². The number of ether oxygens (including phenoxy) is 3. The molecule has 0 atom stereocenters. The number of methoxy groups -OCH3 is 1. The molecule has 0 aliphatic rings. The van der Waals surface area contributed by atoms with Gasteiger partial charge in [0.15, 0.2) is 6.61 Å². The SMILES string of the molecule is COc1ccc(Br)cc1COC(=O)COc1ccccc1C#N. The molecule has 2 aromatic carbocycles. The van der Waals surface area contributed by atoms with E-state index in [1.165, 1.54) is 0 Å². The van der Waals surface area contributed by atoms with Crippen molar-refractivity contribution in [3.05, 3.63) is 58.1 Å². The first-order valence-electron chi connectivity index (χ1n) is 6.74. The minimum Gasteiger partial charge on any atom is -0.496 e. The van der Waals surface area contributed by atoms with Gasteiger partial charge in [0.1, 0.15) is 24.2 Å². The number of benzene rings is 2. The Labute approximate surface area is 142 Å². The largest absolute Gasteiger partial charge is 0.496 e. The molecule has 0 N–H and O–H groups in total. The van der Waals surface area contributed by atoms with E-state index in [4.69, 9.17) is 19.5 Å². The number of hydrogen-bond acceptors (Lipinski definition) is 5. The summed E-state index contributed by atoms with van der Waals surface area (Å²) in [5.41, 5.74) is 1.11. The normalized spacial score (nSPS) is 9.78. The van der Waals surface area contributed by atoms with Crippen molar-refractivity contribution >= 4 is 21.9 Å². The summed E-state index contributed by atoms with van der Waals surface area (Å²) in [7, 11) is 1.55. The number of esters is 1. The predicted octanol–water partition coefficient (Wildman–Crippen LogP) is 3.45. The zero-order valence-electron chi connectivity index (χ0n) is 12.4. The van der Waals surface area contributed by atoms with Gasteiger partial charge < -0.3 is 14.2 Å². The van der Waals surface area contributed by atoms with Crippen LogP contribution in [0.15, 0.2) is 46.9 Å². The monoisotopic (exact) mass is 375 g/mol. The average Bonchev–Trinajstić information content (AvgIpc) is 2.58. The van der Waals surface area contributed by atoms with Crippen LogP contribution in [0.25, 0.3) is 0 Å². The topological polar surface area (TPSA) is 68.6 Å². The minimum absolute atomic E-state index is 0.0741. The van der Waals surface area contributed by atoms with Gasteiger partial charge in [-0.15, -0.1) is 0 Å². The molecule has 0 saturated carbocycles. The van der Waals surface area contributed by atoms with Gasteiger partial charge in [0, 0.05) is 10.0 Å². The van der Waals surface area contributed by atoms with Gasteiger partial charge in [-0.2, -0.15) is 5.26 Å². The maximum atomic E-state index is 11.8. The molecule has 0 bridgehead atoms. The first kappa shape index (κ1) is 16.8. The Morgan fingerprint density at radius 2 is 2.00 bits per heavy atom. The van der Waals surface area contributed by atoms with Crippen LogP contribution in [0.4, 0.5) is 0 Å². The number of nitrogens with zero attached hydrogens (tertiary/aromatic N) is 1. The summed E-state index contributed by atoms with van der Waals surface area (Å²) in [4.78, 5) is 11.8. The third kappa shape index (κ3) is 4.73. The lowest BCUT2D eigenvalue weighted by Crippen LogP contribution is -2.15. The first-order valence-corrected chi connectivity index (χ1v) is 7.53. The number of rotatable bonds is 6. The van der Waals surface area contributed by atoms with Crippen LogP contribution in [0.5, 0.6) is 11.5 Å². The molecular formula is C17H14BrNO4. The highest BCUT2D eigenvalue weighted by atomic mass is 79.9. The van der Waals surface area contributed by atoms with Crippen molar-refractivity contribution in [1.29, 1.82) is 5.26 Å². The van der Waals surface area contributed by atoms with Crippen molar-refractivity contribution in [3.8, 4) is 17.6 Å². The summed E-state index contributed by atoms with van der Waals surface area (Å²) in [6.45, 7) is -0.195. The Kier molecular flexibility index (Phi) is 6.01. The van der Waals surface area contributed by atoms with Crippen molar-refractivity contribution < 1.29 is 19.0 Å². The molecule has 0 saturated heterocycles. The molecule has 0 heterocycles. The Hall–Kier alpha value is -2.52. The summed E-state index contributed by atoms with van der Waals surface area (Å²) in [5.74, 6) is 0.462. The summed E-state index contributed by atoms with van der Waals surface area (Å²) < 4.78 is 16.6. The first-order chi connectivity index (χ1) is 11.1. The zero-order chi connectivity index (χ0) is 16.7. The maximum Gasteiger partial charge on any atom is 0.344 e. The molecule has 0 radical (unpaired) electrons. The quantitative estimate of drug-likeness (QED) is 0.723. The fourth-order valence-corrected chi connectivity index (χ4v) is 2.29. The van der Waals surface area contributed by atoms with Crippen LogP contribution in [-0.4, -0.2) is 19.7 Å². The fourth-order valence-electron chi connectivity index (χ4n) is 1.88. The average molecular weight is 376 g/mol. The van der Waals surface area contributed by atoms with Crippen molar-refractivity contribution in [2.24, 2.45) is 0 Å². The molecular weight excluding hydrogens is 362 g/mol.